The van der Waals surface area contributed by atoms with E-state index in [-0.39, 0.29) is 17.9 Å². The van der Waals surface area contributed by atoms with E-state index < -0.39 is 0 Å². The zero-order valence-corrected chi connectivity index (χ0v) is 14.6. The third-order valence-corrected chi connectivity index (χ3v) is 5.17. The number of hydrogen-bond donors (Lipinski definition) is 1. The lowest BCUT2D eigenvalue weighted by Gasteiger charge is -2.34. The van der Waals surface area contributed by atoms with Crippen molar-refractivity contribution in [3.05, 3.63) is 29.8 Å². The fourth-order valence-electron chi connectivity index (χ4n) is 3.25. The van der Waals surface area contributed by atoms with Crippen LogP contribution in [0.3, 0.4) is 0 Å². The summed E-state index contributed by atoms with van der Waals surface area (Å²) in [4.78, 5) is 14.4. The molecule has 1 fully saturated rings. The fraction of sp³-hybridized carbons (Fsp3) is 0.632. The molecule has 1 saturated heterocycles. The second kappa shape index (κ2) is 8.34. The van der Waals surface area contributed by atoms with Crippen molar-refractivity contribution in [3.8, 4) is 5.75 Å². The largest absolute Gasteiger partial charge is 0.496 e. The summed E-state index contributed by atoms with van der Waals surface area (Å²) in [6.07, 6.45) is 4.04. The molecule has 1 aromatic rings. The van der Waals surface area contributed by atoms with Crippen molar-refractivity contribution >= 4 is 5.91 Å². The third-order valence-electron chi connectivity index (χ3n) is 5.17. The number of nitrogens with two attached hydrogens (primary N) is 1. The Morgan fingerprint density at radius 1 is 1.35 bits per heavy atom. The summed E-state index contributed by atoms with van der Waals surface area (Å²) < 4.78 is 5.44. The normalized spacial score (nSPS) is 18.5. The molecule has 0 spiro atoms. The molecule has 1 aromatic carbocycles. The molecule has 1 amide bonds. The number of likely N-dealkylation sites (tertiary alicyclic amines) is 1. The summed E-state index contributed by atoms with van der Waals surface area (Å²) in [5, 5.41) is 0. The molecule has 0 aliphatic carbocycles. The number of hydrogen-bond acceptors (Lipinski definition) is 3. The summed E-state index contributed by atoms with van der Waals surface area (Å²) >= 11 is 0. The molecule has 0 aromatic heterocycles. The van der Waals surface area contributed by atoms with Crippen molar-refractivity contribution in [2.24, 2.45) is 17.6 Å². The molecule has 0 radical (unpaired) electrons. The van der Waals surface area contributed by atoms with E-state index in [0.717, 1.165) is 44.5 Å². The standard InChI is InChI=1S/C19H30N2O2/c1-4-14(2)18(20)19(22)21-11-9-15(10-12-21)13-16-7-5-6-8-17(16)23-3/h5-8,14-15,18H,4,9-13,20H2,1-3H3. The van der Waals surface area contributed by atoms with Gasteiger partial charge in [-0.2, -0.15) is 0 Å². The van der Waals surface area contributed by atoms with Crippen LogP contribution in [0.4, 0.5) is 0 Å². The number of carbonyl (C=O) groups excluding carboxylic acids is 1. The molecule has 0 saturated carbocycles. The van der Waals surface area contributed by atoms with Crippen molar-refractivity contribution in [1.29, 1.82) is 0 Å². The highest BCUT2D eigenvalue weighted by molar-refractivity contribution is 5.82. The van der Waals surface area contributed by atoms with Gasteiger partial charge in [-0.05, 0) is 42.7 Å². The number of methoxy groups -OCH3 is 1. The van der Waals surface area contributed by atoms with Gasteiger partial charge in [0.2, 0.25) is 5.91 Å². The van der Waals surface area contributed by atoms with E-state index >= 15 is 0 Å². The van der Waals surface area contributed by atoms with Crippen LogP contribution in [0.2, 0.25) is 0 Å². The molecule has 128 valence electrons. The van der Waals surface area contributed by atoms with Gasteiger partial charge in [0.05, 0.1) is 13.2 Å². The number of benzene rings is 1. The van der Waals surface area contributed by atoms with Crippen molar-refractivity contribution < 1.29 is 9.53 Å². The Bertz CT molecular complexity index is 510. The average Bonchev–Trinajstić information content (AvgIpc) is 2.61. The first-order valence-corrected chi connectivity index (χ1v) is 8.73. The first-order chi connectivity index (χ1) is 11.1. The maximum Gasteiger partial charge on any atom is 0.239 e. The smallest absolute Gasteiger partial charge is 0.239 e. The molecule has 1 aliphatic heterocycles. The number of ether oxygens (including phenoxy) is 1. The molecule has 2 unspecified atom stereocenters. The van der Waals surface area contributed by atoms with E-state index in [1.165, 1.54) is 5.56 Å². The molecule has 23 heavy (non-hydrogen) atoms. The zero-order chi connectivity index (χ0) is 16.8. The van der Waals surface area contributed by atoms with Crippen LogP contribution < -0.4 is 10.5 Å². The fourth-order valence-corrected chi connectivity index (χ4v) is 3.25. The van der Waals surface area contributed by atoms with Gasteiger partial charge in [0, 0.05) is 13.1 Å². The third kappa shape index (κ3) is 4.47. The Hall–Kier alpha value is -1.55. The maximum absolute atomic E-state index is 12.4. The van der Waals surface area contributed by atoms with Crippen LogP contribution in [-0.2, 0) is 11.2 Å². The Morgan fingerprint density at radius 3 is 2.61 bits per heavy atom. The van der Waals surface area contributed by atoms with Crippen LogP contribution in [0.25, 0.3) is 0 Å². The van der Waals surface area contributed by atoms with Gasteiger partial charge in [0.15, 0.2) is 0 Å². The van der Waals surface area contributed by atoms with Crippen molar-refractivity contribution in [2.45, 2.75) is 45.6 Å². The Balaban J connectivity index is 1.87. The Kier molecular flexibility index (Phi) is 6.46. The minimum atomic E-state index is -0.356. The van der Waals surface area contributed by atoms with E-state index in [9.17, 15) is 4.79 Å². The van der Waals surface area contributed by atoms with Gasteiger partial charge < -0.3 is 15.4 Å². The molecular formula is C19H30N2O2. The minimum absolute atomic E-state index is 0.120. The summed E-state index contributed by atoms with van der Waals surface area (Å²) in [7, 11) is 1.72. The predicted molar refractivity (Wildman–Crippen MR) is 93.4 cm³/mol. The molecule has 2 atom stereocenters. The number of para-hydroxylation sites is 1. The molecular weight excluding hydrogens is 288 g/mol. The number of piperidine rings is 1. The quantitative estimate of drug-likeness (QED) is 0.877. The van der Waals surface area contributed by atoms with Gasteiger partial charge >= 0.3 is 0 Å². The van der Waals surface area contributed by atoms with Gasteiger partial charge in [-0.1, -0.05) is 38.5 Å². The van der Waals surface area contributed by atoms with Crippen molar-refractivity contribution in [3.63, 3.8) is 0 Å². The minimum Gasteiger partial charge on any atom is -0.496 e. The van der Waals surface area contributed by atoms with Gasteiger partial charge in [-0.15, -0.1) is 0 Å². The number of carbonyl (C=O) groups is 1. The number of rotatable bonds is 6. The van der Waals surface area contributed by atoms with E-state index in [1.54, 1.807) is 7.11 Å². The predicted octanol–water partition coefficient (Wildman–Crippen LogP) is 2.85. The molecule has 1 aliphatic rings. The molecule has 4 heteroatoms. The van der Waals surface area contributed by atoms with Crippen LogP contribution in [0.15, 0.2) is 24.3 Å². The van der Waals surface area contributed by atoms with Gasteiger partial charge in [-0.25, -0.2) is 0 Å². The lowest BCUT2D eigenvalue weighted by atomic mass is 9.89. The number of amides is 1. The van der Waals surface area contributed by atoms with Crippen LogP contribution in [-0.4, -0.2) is 37.0 Å². The van der Waals surface area contributed by atoms with Crippen molar-refractivity contribution in [2.75, 3.05) is 20.2 Å². The summed E-state index contributed by atoms with van der Waals surface area (Å²) in [6, 6.07) is 7.85. The zero-order valence-electron chi connectivity index (χ0n) is 14.6. The highest BCUT2D eigenvalue weighted by atomic mass is 16.5. The van der Waals surface area contributed by atoms with Crippen LogP contribution in [0, 0.1) is 11.8 Å². The van der Waals surface area contributed by atoms with Gasteiger partial charge in [0.25, 0.3) is 0 Å². The van der Waals surface area contributed by atoms with E-state index in [2.05, 4.69) is 26.0 Å². The number of nitrogens with zero attached hydrogens (tertiary/aromatic N) is 1. The molecule has 1 heterocycles. The molecule has 4 nitrogen and oxygen atoms in total. The first-order valence-electron chi connectivity index (χ1n) is 8.73. The summed E-state index contributed by atoms with van der Waals surface area (Å²) in [5.74, 6) is 1.93. The monoisotopic (exact) mass is 318 g/mol. The topological polar surface area (TPSA) is 55.6 Å². The second-order valence-electron chi connectivity index (χ2n) is 6.70. The van der Waals surface area contributed by atoms with Crippen LogP contribution >= 0.6 is 0 Å². The maximum atomic E-state index is 12.4. The van der Waals surface area contributed by atoms with Crippen LogP contribution in [0.5, 0.6) is 5.75 Å². The van der Waals surface area contributed by atoms with Gasteiger partial charge in [0.1, 0.15) is 5.75 Å². The van der Waals surface area contributed by atoms with Crippen LogP contribution in [0.1, 0.15) is 38.7 Å². The SMILES string of the molecule is CCC(C)C(N)C(=O)N1CCC(Cc2ccccc2OC)CC1. The highest BCUT2D eigenvalue weighted by Gasteiger charge is 2.28. The second-order valence-corrected chi connectivity index (χ2v) is 6.70. The Labute approximate surface area is 140 Å². The highest BCUT2D eigenvalue weighted by Crippen LogP contribution is 2.27. The Morgan fingerprint density at radius 2 is 2.00 bits per heavy atom. The lowest BCUT2D eigenvalue weighted by molar-refractivity contribution is -0.135. The summed E-state index contributed by atoms with van der Waals surface area (Å²) in [6.45, 7) is 5.78. The first kappa shape index (κ1) is 17.8. The summed E-state index contributed by atoms with van der Waals surface area (Å²) in [5.41, 5.74) is 7.35. The van der Waals surface area contributed by atoms with E-state index in [4.69, 9.17) is 10.5 Å². The molecule has 2 N–H and O–H groups in total. The van der Waals surface area contributed by atoms with Gasteiger partial charge in [-0.3, -0.25) is 4.79 Å². The van der Waals surface area contributed by atoms with E-state index in [1.807, 2.05) is 17.0 Å². The lowest BCUT2D eigenvalue weighted by Crippen LogP contribution is -2.49. The molecule has 2 rings (SSSR count). The van der Waals surface area contributed by atoms with E-state index in [0.29, 0.717) is 5.92 Å². The molecule has 0 bridgehead atoms. The van der Waals surface area contributed by atoms with Crippen molar-refractivity contribution in [1.82, 2.24) is 4.90 Å². The average molecular weight is 318 g/mol.